The monoisotopic (exact) mass is 486 g/mol. The van der Waals surface area contributed by atoms with Gasteiger partial charge in [0.05, 0.1) is 26.0 Å². The summed E-state index contributed by atoms with van der Waals surface area (Å²) in [7, 11) is 3.32. The Balaban J connectivity index is 1.55. The van der Waals surface area contributed by atoms with E-state index in [1.165, 1.54) is 5.57 Å². The Morgan fingerprint density at radius 1 is 0.943 bits per heavy atom. The number of ether oxygens (including phenoxy) is 2. The number of fused-ring (bicyclic) bond motifs is 1. The zero-order valence-electron chi connectivity index (χ0n) is 19.8. The number of carbonyl (C=O) groups is 1. The molecule has 0 saturated heterocycles. The lowest BCUT2D eigenvalue weighted by Gasteiger charge is -2.29. The van der Waals surface area contributed by atoms with Gasteiger partial charge < -0.3 is 9.47 Å². The molecule has 1 saturated carbocycles. The van der Waals surface area contributed by atoms with Crippen LogP contribution >= 0.6 is 11.6 Å². The molecule has 1 heterocycles. The van der Waals surface area contributed by atoms with Crippen molar-refractivity contribution < 1.29 is 14.3 Å². The highest BCUT2D eigenvalue weighted by Gasteiger charge is 2.43. The highest BCUT2D eigenvalue weighted by atomic mass is 35.5. The molecule has 5 rings (SSSR count). The van der Waals surface area contributed by atoms with Gasteiger partial charge in [-0.05, 0) is 90.6 Å². The van der Waals surface area contributed by atoms with Crippen LogP contribution in [0.3, 0.4) is 0 Å². The van der Waals surface area contributed by atoms with Gasteiger partial charge in [-0.15, -0.1) is 0 Å². The van der Waals surface area contributed by atoms with E-state index in [0.717, 1.165) is 47.6 Å². The fourth-order valence-corrected chi connectivity index (χ4v) is 5.05. The van der Waals surface area contributed by atoms with Crippen molar-refractivity contribution in [3.8, 4) is 11.5 Å². The summed E-state index contributed by atoms with van der Waals surface area (Å²) in [6.45, 7) is 0. The van der Waals surface area contributed by atoms with E-state index in [-0.39, 0.29) is 17.9 Å². The Morgan fingerprint density at radius 3 is 2.20 bits per heavy atom. The molecule has 2 aliphatic rings. The number of halogens is 1. The Bertz CT molecular complexity index is 1260. The van der Waals surface area contributed by atoms with Crippen molar-refractivity contribution >= 4 is 29.3 Å². The van der Waals surface area contributed by atoms with Gasteiger partial charge in [0.15, 0.2) is 0 Å². The van der Waals surface area contributed by atoms with Gasteiger partial charge >= 0.3 is 0 Å². The molecule has 1 amide bonds. The second-order valence-electron chi connectivity index (χ2n) is 8.80. The first kappa shape index (κ1) is 23.2. The second kappa shape index (κ2) is 9.96. The van der Waals surface area contributed by atoms with Crippen molar-refractivity contribution in [1.82, 2.24) is 5.01 Å². The van der Waals surface area contributed by atoms with Crippen LogP contribution < -0.4 is 9.47 Å². The number of rotatable bonds is 5. The first-order chi connectivity index (χ1) is 17.1. The third-order valence-electron chi connectivity index (χ3n) is 6.71. The van der Waals surface area contributed by atoms with Crippen LogP contribution in [-0.4, -0.2) is 30.8 Å². The third kappa shape index (κ3) is 4.69. The average molecular weight is 487 g/mol. The van der Waals surface area contributed by atoms with Gasteiger partial charge in [0, 0.05) is 16.5 Å². The Hall–Kier alpha value is -3.57. The molecular weight excluding hydrogens is 460 g/mol. The molecule has 2 atom stereocenters. The van der Waals surface area contributed by atoms with Crippen molar-refractivity contribution in [2.75, 3.05) is 14.2 Å². The van der Waals surface area contributed by atoms with Crippen LogP contribution in [0.2, 0.25) is 5.02 Å². The summed E-state index contributed by atoms with van der Waals surface area (Å²) in [5, 5.41) is 7.23. The van der Waals surface area contributed by atoms with E-state index >= 15 is 0 Å². The molecule has 1 aliphatic carbocycles. The molecular formula is C29H27ClN2O3. The lowest BCUT2D eigenvalue weighted by Crippen LogP contribution is -2.31. The molecule has 2 unspecified atom stereocenters. The zero-order valence-corrected chi connectivity index (χ0v) is 20.5. The van der Waals surface area contributed by atoms with Crippen LogP contribution in [-0.2, 0) is 0 Å². The van der Waals surface area contributed by atoms with Crippen LogP contribution in [0.15, 0.2) is 83.5 Å². The number of allylic oxidation sites excluding steroid dienone is 1. The van der Waals surface area contributed by atoms with Crippen molar-refractivity contribution in [3.05, 3.63) is 100 Å². The van der Waals surface area contributed by atoms with Gasteiger partial charge in [-0.1, -0.05) is 35.9 Å². The molecule has 3 aromatic carbocycles. The van der Waals surface area contributed by atoms with E-state index in [9.17, 15) is 4.79 Å². The van der Waals surface area contributed by atoms with E-state index in [1.807, 2.05) is 48.5 Å². The summed E-state index contributed by atoms with van der Waals surface area (Å²) in [5.41, 5.74) is 4.87. The minimum absolute atomic E-state index is 0.123. The van der Waals surface area contributed by atoms with Crippen molar-refractivity contribution in [2.45, 2.75) is 25.3 Å². The highest BCUT2D eigenvalue weighted by molar-refractivity contribution is 6.30. The van der Waals surface area contributed by atoms with E-state index in [1.54, 1.807) is 43.5 Å². The smallest absolute Gasteiger partial charge is 0.274 e. The predicted octanol–water partition coefficient (Wildman–Crippen LogP) is 6.79. The first-order valence-corrected chi connectivity index (χ1v) is 12.1. The summed E-state index contributed by atoms with van der Waals surface area (Å²) in [6, 6.07) is 22.8. The standard InChI is InChI=1S/C29H27ClN2O3/c1-34-24-14-6-19(7-15-24)18-22-4-3-5-26-27(22)31-32(29(33)21-8-12-23(30)13-9-21)28(26)20-10-16-25(35-2)17-11-20/h6-18,26,28H,3-5H2,1-2H3/b22-18+. The molecule has 0 N–H and O–H groups in total. The topological polar surface area (TPSA) is 51.1 Å². The minimum Gasteiger partial charge on any atom is -0.497 e. The summed E-state index contributed by atoms with van der Waals surface area (Å²) < 4.78 is 10.6. The van der Waals surface area contributed by atoms with Crippen molar-refractivity contribution in [1.29, 1.82) is 0 Å². The molecule has 0 spiro atoms. The normalized spacial score (nSPS) is 20.4. The molecule has 178 valence electrons. The summed E-state index contributed by atoms with van der Waals surface area (Å²) in [5.74, 6) is 1.60. The van der Waals surface area contributed by atoms with E-state index in [0.29, 0.717) is 10.6 Å². The Morgan fingerprint density at radius 2 is 1.57 bits per heavy atom. The van der Waals surface area contributed by atoms with Crippen molar-refractivity contribution in [2.24, 2.45) is 11.0 Å². The summed E-state index contributed by atoms with van der Waals surface area (Å²) >= 11 is 6.06. The molecule has 0 radical (unpaired) electrons. The minimum atomic E-state index is -0.182. The van der Waals surface area contributed by atoms with Gasteiger partial charge in [-0.2, -0.15) is 5.10 Å². The average Bonchev–Trinajstić information content (AvgIpc) is 3.30. The Kier molecular flexibility index (Phi) is 6.60. The highest BCUT2D eigenvalue weighted by Crippen LogP contribution is 2.45. The maximum Gasteiger partial charge on any atom is 0.274 e. The molecule has 35 heavy (non-hydrogen) atoms. The predicted molar refractivity (Wildman–Crippen MR) is 139 cm³/mol. The number of methoxy groups -OCH3 is 2. The summed E-state index contributed by atoms with van der Waals surface area (Å²) in [4.78, 5) is 13.7. The van der Waals surface area contributed by atoms with Gasteiger partial charge in [0.1, 0.15) is 11.5 Å². The fraction of sp³-hybridized carbons (Fsp3) is 0.241. The Labute approximate surface area is 210 Å². The number of hydrogen-bond donors (Lipinski definition) is 0. The molecule has 1 aliphatic heterocycles. The summed E-state index contributed by atoms with van der Waals surface area (Å²) in [6.07, 6.45) is 5.13. The van der Waals surface area contributed by atoms with Gasteiger partial charge in [-0.3, -0.25) is 4.79 Å². The fourth-order valence-electron chi connectivity index (χ4n) is 4.93. The zero-order chi connectivity index (χ0) is 24.4. The maximum absolute atomic E-state index is 13.7. The maximum atomic E-state index is 13.7. The lowest BCUT2D eigenvalue weighted by atomic mass is 9.77. The van der Waals surface area contributed by atoms with Gasteiger partial charge in [0.25, 0.3) is 5.91 Å². The van der Waals surface area contributed by atoms with E-state index in [2.05, 4.69) is 6.08 Å². The second-order valence-corrected chi connectivity index (χ2v) is 9.24. The molecule has 6 heteroatoms. The third-order valence-corrected chi connectivity index (χ3v) is 6.97. The van der Waals surface area contributed by atoms with Gasteiger partial charge in [0.2, 0.25) is 0 Å². The van der Waals surface area contributed by atoms with Crippen LogP contribution in [0.1, 0.15) is 46.8 Å². The van der Waals surface area contributed by atoms with Crippen LogP contribution in [0.4, 0.5) is 0 Å². The molecule has 0 bridgehead atoms. The molecule has 0 aromatic heterocycles. The van der Waals surface area contributed by atoms with Crippen LogP contribution in [0.25, 0.3) is 6.08 Å². The van der Waals surface area contributed by atoms with E-state index < -0.39 is 0 Å². The number of hydrogen-bond acceptors (Lipinski definition) is 4. The SMILES string of the molecule is COc1ccc(/C=C2\CCCC3C2=NN(C(=O)c2ccc(Cl)cc2)C3c2ccc(OC)cc2)cc1. The van der Waals surface area contributed by atoms with E-state index in [4.69, 9.17) is 26.2 Å². The number of nitrogens with zero attached hydrogens (tertiary/aromatic N) is 2. The van der Waals surface area contributed by atoms with Crippen molar-refractivity contribution in [3.63, 3.8) is 0 Å². The molecule has 5 nitrogen and oxygen atoms in total. The number of carbonyl (C=O) groups excluding carboxylic acids is 1. The number of benzene rings is 3. The van der Waals surface area contributed by atoms with Gasteiger partial charge in [-0.25, -0.2) is 5.01 Å². The molecule has 3 aromatic rings. The largest absolute Gasteiger partial charge is 0.497 e. The quantitative estimate of drug-likeness (QED) is 0.398. The lowest BCUT2D eigenvalue weighted by molar-refractivity contribution is 0.0681. The number of amides is 1. The van der Waals surface area contributed by atoms with Crippen LogP contribution in [0.5, 0.6) is 11.5 Å². The molecule has 1 fully saturated rings. The number of hydrazone groups is 1. The first-order valence-electron chi connectivity index (χ1n) is 11.7. The van der Waals surface area contributed by atoms with Crippen LogP contribution in [0, 0.1) is 5.92 Å².